The lowest BCUT2D eigenvalue weighted by molar-refractivity contribution is -0.116. The molecule has 0 atom stereocenters. The van der Waals surface area contributed by atoms with Crippen LogP contribution in [0.5, 0.6) is 0 Å². The summed E-state index contributed by atoms with van der Waals surface area (Å²) in [6, 6.07) is 21.4. The van der Waals surface area contributed by atoms with E-state index in [-0.39, 0.29) is 18.0 Å². The molecule has 7 heteroatoms. The molecule has 1 amide bonds. The third kappa shape index (κ3) is 5.78. The Bertz CT molecular complexity index is 1130. The van der Waals surface area contributed by atoms with Gasteiger partial charge in [0.05, 0.1) is 11.4 Å². The van der Waals surface area contributed by atoms with Crippen LogP contribution in [0.15, 0.2) is 82.2 Å². The first-order chi connectivity index (χ1) is 14.2. The van der Waals surface area contributed by atoms with Crippen LogP contribution in [0.3, 0.4) is 0 Å². The molecule has 0 unspecified atom stereocenters. The van der Waals surface area contributed by atoms with Crippen LogP contribution in [0.2, 0.25) is 0 Å². The van der Waals surface area contributed by atoms with Crippen molar-refractivity contribution in [2.75, 3.05) is 11.9 Å². The summed E-state index contributed by atoms with van der Waals surface area (Å²) in [5.74, 6) is -0.395. The molecule has 0 spiro atoms. The first-order valence-corrected chi connectivity index (χ1v) is 11.6. The molecule has 0 saturated carbocycles. The molecular formula is C23H23BrN2O3S. The van der Waals surface area contributed by atoms with Gasteiger partial charge in [-0.3, -0.25) is 4.79 Å². The number of aryl methyl sites for hydroxylation is 2. The predicted octanol–water partition coefficient (Wildman–Crippen LogP) is 4.90. The van der Waals surface area contributed by atoms with Crippen molar-refractivity contribution in [1.29, 1.82) is 0 Å². The van der Waals surface area contributed by atoms with Crippen molar-refractivity contribution in [2.24, 2.45) is 0 Å². The SMILES string of the molecule is Cc1ccc(CN(CC(=O)Nc2cccc(C)c2)S(=O)(=O)c2ccc(Br)cc2)cc1. The lowest BCUT2D eigenvalue weighted by Gasteiger charge is -2.22. The van der Waals surface area contributed by atoms with Gasteiger partial charge in [-0.25, -0.2) is 8.42 Å². The van der Waals surface area contributed by atoms with Crippen molar-refractivity contribution >= 4 is 37.5 Å². The minimum absolute atomic E-state index is 0.0971. The van der Waals surface area contributed by atoms with Gasteiger partial charge in [-0.2, -0.15) is 4.31 Å². The van der Waals surface area contributed by atoms with Gasteiger partial charge in [-0.15, -0.1) is 0 Å². The quantitative estimate of drug-likeness (QED) is 0.516. The summed E-state index contributed by atoms with van der Waals surface area (Å²) in [5, 5.41) is 2.79. The van der Waals surface area contributed by atoms with Crippen LogP contribution in [-0.4, -0.2) is 25.2 Å². The van der Waals surface area contributed by atoms with Crippen LogP contribution in [0.4, 0.5) is 5.69 Å². The number of nitrogens with one attached hydrogen (secondary N) is 1. The van der Waals surface area contributed by atoms with Crippen molar-refractivity contribution in [2.45, 2.75) is 25.3 Å². The van der Waals surface area contributed by atoms with Gasteiger partial charge < -0.3 is 5.32 Å². The van der Waals surface area contributed by atoms with E-state index in [1.807, 2.05) is 56.3 Å². The summed E-state index contributed by atoms with van der Waals surface area (Å²) < 4.78 is 28.6. The molecule has 0 heterocycles. The highest BCUT2D eigenvalue weighted by molar-refractivity contribution is 9.10. The van der Waals surface area contributed by atoms with Crippen LogP contribution in [0.25, 0.3) is 0 Å². The Labute approximate surface area is 185 Å². The number of hydrogen-bond acceptors (Lipinski definition) is 3. The van der Waals surface area contributed by atoms with Crippen molar-refractivity contribution < 1.29 is 13.2 Å². The molecule has 3 rings (SSSR count). The van der Waals surface area contributed by atoms with E-state index in [4.69, 9.17) is 0 Å². The molecule has 5 nitrogen and oxygen atoms in total. The highest BCUT2D eigenvalue weighted by Crippen LogP contribution is 2.21. The molecule has 3 aromatic carbocycles. The molecule has 0 aliphatic heterocycles. The van der Waals surface area contributed by atoms with E-state index in [9.17, 15) is 13.2 Å². The molecule has 0 aromatic heterocycles. The number of halogens is 1. The molecule has 0 saturated heterocycles. The van der Waals surface area contributed by atoms with Gasteiger partial charge in [0, 0.05) is 16.7 Å². The van der Waals surface area contributed by atoms with Crippen LogP contribution in [0.1, 0.15) is 16.7 Å². The number of benzene rings is 3. The fourth-order valence-corrected chi connectivity index (χ4v) is 4.61. The number of sulfonamides is 1. The molecule has 3 aromatic rings. The molecule has 0 aliphatic rings. The number of nitrogens with zero attached hydrogens (tertiary/aromatic N) is 1. The number of carbonyl (C=O) groups excluding carboxylic acids is 1. The number of amides is 1. The van der Waals surface area contributed by atoms with E-state index in [1.54, 1.807) is 18.2 Å². The molecule has 0 bridgehead atoms. The zero-order chi connectivity index (χ0) is 21.7. The Balaban J connectivity index is 1.87. The van der Waals surface area contributed by atoms with Gasteiger partial charge in [0.2, 0.25) is 15.9 Å². The van der Waals surface area contributed by atoms with E-state index >= 15 is 0 Å². The minimum atomic E-state index is -3.87. The van der Waals surface area contributed by atoms with Crippen molar-refractivity contribution in [3.05, 3.63) is 94.0 Å². The normalized spacial score (nSPS) is 11.5. The van der Waals surface area contributed by atoms with E-state index in [0.29, 0.717) is 5.69 Å². The zero-order valence-corrected chi connectivity index (χ0v) is 19.2. The van der Waals surface area contributed by atoms with Crippen molar-refractivity contribution in [1.82, 2.24) is 4.31 Å². The van der Waals surface area contributed by atoms with Gasteiger partial charge in [0.1, 0.15) is 0 Å². The molecule has 30 heavy (non-hydrogen) atoms. The fourth-order valence-electron chi connectivity index (χ4n) is 2.96. The van der Waals surface area contributed by atoms with Gasteiger partial charge in [0.15, 0.2) is 0 Å². The number of rotatable bonds is 7. The van der Waals surface area contributed by atoms with E-state index < -0.39 is 15.9 Å². The van der Waals surface area contributed by atoms with Gasteiger partial charge in [-0.1, -0.05) is 57.9 Å². The van der Waals surface area contributed by atoms with E-state index in [1.165, 1.54) is 16.4 Å². The Morgan fingerprint density at radius 2 is 1.60 bits per heavy atom. The Morgan fingerprint density at radius 3 is 2.23 bits per heavy atom. The lowest BCUT2D eigenvalue weighted by Crippen LogP contribution is -2.37. The monoisotopic (exact) mass is 486 g/mol. The summed E-state index contributed by atoms with van der Waals surface area (Å²) in [7, 11) is -3.87. The first kappa shape index (κ1) is 22.2. The molecule has 0 aliphatic carbocycles. The zero-order valence-electron chi connectivity index (χ0n) is 16.8. The topological polar surface area (TPSA) is 66.5 Å². The Hall–Kier alpha value is -2.48. The molecular weight excluding hydrogens is 464 g/mol. The van der Waals surface area contributed by atoms with Crippen LogP contribution < -0.4 is 5.32 Å². The highest BCUT2D eigenvalue weighted by Gasteiger charge is 2.27. The molecule has 1 N–H and O–H groups in total. The van der Waals surface area contributed by atoms with Crippen LogP contribution in [-0.2, 0) is 21.4 Å². The maximum Gasteiger partial charge on any atom is 0.243 e. The summed E-state index contributed by atoms with van der Waals surface area (Å²) in [6.45, 7) is 3.70. The van der Waals surface area contributed by atoms with Gasteiger partial charge in [0.25, 0.3) is 0 Å². The largest absolute Gasteiger partial charge is 0.325 e. The summed E-state index contributed by atoms with van der Waals surface area (Å²) in [4.78, 5) is 12.8. The second-order valence-corrected chi connectivity index (χ2v) is 9.98. The van der Waals surface area contributed by atoms with Crippen LogP contribution in [0, 0.1) is 13.8 Å². The predicted molar refractivity (Wildman–Crippen MR) is 123 cm³/mol. The Morgan fingerprint density at radius 1 is 0.933 bits per heavy atom. The third-order valence-electron chi connectivity index (χ3n) is 4.55. The average molecular weight is 487 g/mol. The molecule has 156 valence electrons. The fraction of sp³-hybridized carbons (Fsp3) is 0.174. The third-order valence-corrected chi connectivity index (χ3v) is 6.89. The molecule has 0 radical (unpaired) electrons. The molecule has 0 fully saturated rings. The second-order valence-electron chi connectivity index (χ2n) is 7.13. The van der Waals surface area contributed by atoms with E-state index in [0.717, 1.165) is 21.2 Å². The second kappa shape index (κ2) is 9.55. The van der Waals surface area contributed by atoms with Gasteiger partial charge >= 0.3 is 0 Å². The van der Waals surface area contributed by atoms with Gasteiger partial charge in [-0.05, 0) is 61.4 Å². The summed E-state index contributed by atoms with van der Waals surface area (Å²) in [5.41, 5.74) is 3.53. The summed E-state index contributed by atoms with van der Waals surface area (Å²) >= 11 is 3.32. The van der Waals surface area contributed by atoms with Crippen LogP contribution >= 0.6 is 15.9 Å². The number of anilines is 1. The maximum absolute atomic E-state index is 13.3. The van der Waals surface area contributed by atoms with E-state index in [2.05, 4.69) is 21.2 Å². The first-order valence-electron chi connectivity index (χ1n) is 9.42. The average Bonchev–Trinajstić information content (AvgIpc) is 2.69. The van der Waals surface area contributed by atoms with Crippen molar-refractivity contribution in [3.8, 4) is 0 Å². The van der Waals surface area contributed by atoms with Crippen molar-refractivity contribution in [3.63, 3.8) is 0 Å². The minimum Gasteiger partial charge on any atom is -0.325 e. The lowest BCUT2D eigenvalue weighted by atomic mass is 10.1. The number of hydrogen-bond donors (Lipinski definition) is 1. The summed E-state index contributed by atoms with van der Waals surface area (Å²) in [6.07, 6.45) is 0. The Kier molecular flexibility index (Phi) is 7.07. The highest BCUT2D eigenvalue weighted by atomic mass is 79.9. The number of carbonyl (C=O) groups is 1. The smallest absolute Gasteiger partial charge is 0.243 e. The standard InChI is InChI=1S/C23H23BrN2O3S/c1-17-6-8-19(9-7-17)15-26(30(28,29)22-12-10-20(24)11-13-22)16-23(27)25-21-5-3-4-18(2)14-21/h3-14H,15-16H2,1-2H3,(H,25,27). The maximum atomic E-state index is 13.3.